The molecular weight excluding hydrogens is 586 g/mol. The van der Waals surface area contributed by atoms with Crippen LogP contribution in [-0.2, 0) is 22.6 Å². The highest BCUT2D eigenvalue weighted by Gasteiger charge is 2.37. The Labute approximate surface area is 237 Å². The first kappa shape index (κ1) is 28.6. The average Bonchev–Trinajstić information content (AvgIpc) is 3.45. The average molecular weight is 608 g/mol. The number of aromatic amines is 1. The van der Waals surface area contributed by atoms with Gasteiger partial charge in [-0.05, 0) is 66.9 Å². The molecule has 14 heteroatoms. The van der Waals surface area contributed by atoms with Gasteiger partial charge in [0.15, 0.2) is 5.82 Å². The van der Waals surface area contributed by atoms with Crippen molar-refractivity contribution >= 4 is 39.0 Å². The van der Waals surface area contributed by atoms with Crippen LogP contribution >= 0.6 is 11.6 Å². The molecule has 0 aliphatic carbocycles. The van der Waals surface area contributed by atoms with Crippen LogP contribution in [0.15, 0.2) is 65.6 Å². The molecule has 0 fully saturated rings. The van der Waals surface area contributed by atoms with Crippen molar-refractivity contribution in [1.29, 1.82) is 0 Å². The maximum Gasteiger partial charge on any atom is 0.416 e. The van der Waals surface area contributed by atoms with Gasteiger partial charge in [-0.3, -0.25) is 4.31 Å². The fourth-order valence-corrected chi connectivity index (χ4v) is 6.39. The summed E-state index contributed by atoms with van der Waals surface area (Å²) in [6.07, 6.45) is -3.15. The molecule has 0 saturated heterocycles. The van der Waals surface area contributed by atoms with Crippen LogP contribution in [0.5, 0.6) is 5.75 Å². The minimum Gasteiger partial charge on any atom is -0.486 e. The maximum atomic E-state index is 14.5. The number of hydrogen-bond acceptors (Lipinski definition) is 6. The molecule has 1 aromatic heterocycles. The molecule has 5 rings (SSSR count). The number of rotatable bonds is 7. The molecule has 8 nitrogen and oxygen atoms in total. The molecule has 0 amide bonds. The van der Waals surface area contributed by atoms with Crippen molar-refractivity contribution in [3.63, 3.8) is 0 Å². The molecule has 1 atom stereocenters. The number of allylic oxidation sites excluding steroid dienone is 1. The molecule has 0 radical (unpaired) electrons. The lowest BCUT2D eigenvalue weighted by atomic mass is 10.0. The quantitative estimate of drug-likeness (QED) is 0.199. The summed E-state index contributed by atoms with van der Waals surface area (Å²) in [5, 5.41) is 13.8. The number of H-pyrrole nitrogens is 1. The fourth-order valence-electron chi connectivity index (χ4n) is 4.53. The van der Waals surface area contributed by atoms with E-state index in [2.05, 4.69) is 20.6 Å². The third kappa shape index (κ3) is 6.05. The second-order valence-corrected chi connectivity index (χ2v) is 11.6. The standard InChI is InChI=1S/C27H22ClF4N5O3S/c1-16(26-21(28)6-3-7-22(26)29)12-17-8-10-24-23(13-17)37(15-19(40-24)9-11-25-33-35-36-34-25)41(38,39)20-5-2-4-18(14-20)27(30,31)32/h2-8,10,12-14,19H,9,11,15H2,1H3,(H,33,34,35,36)/t19-/m0/s1. The molecule has 214 valence electrons. The van der Waals surface area contributed by atoms with Crippen LogP contribution in [0.25, 0.3) is 11.6 Å². The molecule has 3 aromatic carbocycles. The molecule has 2 heterocycles. The zero-order valence-electron chi connectivity index (χ0n) is 21.4. The number of alkyl halides is 3. The van der Waals surface area contributed by atoms with Crippen LogP contribution in [0.1, 0.15) is 35.9 Å². The highest BCUT2D eigenvalue weighted by Crippen LogP contribution is 2.40. The molecule has 1 aliphatic heterocycles. The summed E-state index contributed by atoms with van der Waals surface area (Å²) in [6.45, 7) is 1.47. The monoisotopic (exact) mass is 607 g/mol. The number of ether oxygens (including phenoxy) is 1. The van der Waals surface area contributed by atoms with Crippen molar-refractivity contribution in [2.45, 2.75) is 36.9 Å². The summed E-state index contributed by atoms with van der Waals surface area (Å²) < 4.78 is 89.5. The number of nitrogens with one attached hydrogen (secondary N) is 1. The summed E-state index contributed by atoms with van der Waals surface area (Å²) >= 11 is 6.20. The lowest BCUT2D eigenvalue weighted by molar-refractivity contribution is -0.137. The zero-order valence-corrected chi connectivity index (χ0v) is 22.9. The Bertz CT molecular complexity index is 1690. The van der Waals surface area contributed by atoms with Crippen LogP contribution in [-0.4, -0.2) is 41.7 Å². The topological polar surface area (TPSA) is 101 Å². The van der Waals surface area contributed by atoms with Crippen LogP contribution < -0.4 is 9.04 Å². The summed E-state index contributed by atoms with van der Waals surface area (Å²) in [7, 11) is -4.47. The fraction of sp³-hybridized carbons (Fsp3) is 0.222. The molecule has 0 bridgehead atoms. The smallest absolute Gasteiger partial charge is 0.416 e. The first-order valence-electron chi connectivity index (χ1n) is 12.3. The van der Waals surface area contributed by atoms with E-state index < -0.39 is 38.6 Å². The summed E-state index contributed by atoms with van der Waals surface area (Å²) in [6, 6.07) is 12.6. The first-order chi connectivity index (χ1) is 19.4. The Morgan fingerprint density at radius 2 is 1.95 bits per heavy atom. The molecular formula is C27H22ClF4N5O3S. The second-order valence-electron chi connectivity index (χ2n) is 9.32. The van der Waals surface area contributed by atoms with Crippen molar-refractivity contribution in [2.24, 2.45) is 0 Å². The van der Waals surface area contributed by atoms with Gasteiger partial charge >= 0.3 is 6.18 Å². The minimum absolute atomic E-state index is 0.124. The van der Waals surface area contributed by atoms with E-state index in [1.54, 1.807) is 31.2 Å². The lowest BCUT2D eigenvalue weighted by Gasteiger charge is -2.35. The molecule has 1 aliphatic rings. The second kappa shape index (κ2) is 11.1. The Morgan fingerprint density at radius 3 is 2.66 bits per heavy atom. The first-order valence-corrected chi connectivity index (χ1v) is 14.1. The van der Waals surface area contributed by atoms with E-state index in [4.69, 9.17) is 16.3 Å². The molecule has 4 aromatic rings. The van der Waals surface area contributed by atoms with Crippen LogP contribution in [0.2, 0.25) is 5.02 Å². The van der Waals surface area contributed by atoms with Crippen molar-refractivity contribution in [1.82, 2.24) is 20.6 Å². The van der Waals surface area contributed by atoms with E-state index in [0.717, 1.165) is 22.5 Å². The molecule has 0 unspecified atom stereocenters. The van der Waals surface area contributed by atoms with Gasteiger partial charge in [0.25, 0.3) is 10.0 Å². The number of sulfonamides is 1. The zero-order chi connectivity index (χ0) is 29.4. The van der Waals surface area contributed by atoms with Crippen LogP contribution in [0.4, 0.5) is 23.2 Å². The Balaban J connectivity index is 1.56. The highest BCUT2D eigenvalue weighted by atomic mass is 35.5. The highest BCUT2D eigenvalue weighted by molar-refractivity contribution is 7.92. The van der Waals surface area contributed by atoms with Crippen molar-refractivity contribution in [2.75, 3.05) is 10.8 Å². The van der Waals surface area contributed by atoms with E-state index in [1.165, 1.54) is 18.2 Å². The minimum atomic E-state index is -4.73. The molecule has 0 spiro atoms. The summed E-state index contributed by atoms with van der Waals surface area (Å²) in [5.74, 6) is 0.0869. The number of nitrogens with zero attached hydrogens (tertiary/aromatic N) is 4. The number of aryl methyl sites for hydroxylation is 1. The molecule has 0 saturated carbocycles. The van der Waals surface area contributed by atoms with Gasteiger partial charge in [-0.2, -0.15) is 18.4 Å². The number of benzene rings is 3. The summed E-state index contributed by atoms with van der Waals surface area (Å²) in [4.78, 5) is -0.521. The van der Waals surface area contributed by atoms with E-state index in [9.17, 15) is 26.0 Å². The van der Waals surface area contributed by atoms with Crippen LogP contribution in [0.3, 0.4) is 0 Å². The van der Waals surface area contributed by atoms with Gasteiger partial charge in [-0.15, -0.1) is 10.2 Å². The largest absolute Gasteiger partial charge is 0.486 e. The summed E-state index contributed by atoms with van der Waals surface area (Å²) in [5.41, 5.74) is 0.209. The van der Waals surface area contributed by atoms with Gasteiger partial charge in [0, 0.05) is 12.0 Å². The number of aromatic nitrogens is 4. The van der Waals surface area contributed by atoms with E-state index in [1.807, 2.05) is 0 Å². The van der Waals surface area contributed by atoms with Crippen molar-refractivity contribution in [3.8, 4) is 5.75 Å². The molecule has 1 N–H and O–H groups in total. The van der Waals surface area contributed by atoms with E-state index >= 15 is 0 Å². The number of halogens is 5. The van der Waals surface area contributed by atoms with Gasteiger partial charge in [0.1, 0.15) is 17.7 Å². The number of anilines is 1. The SMILES string of the molecule is CC(=Cc1ccc2c(c1)N(S(=O)(=O)c1cccc(C(F)(F)F)c1)C[C@H](CCc1nn[nH]n1)O2)c1c(F)cccc1Cl. The van der Waals surface area contributed by atoms with Crippen molar-refractivity contribution in [3.05, 3.63) is 94.0 Å². The third-order valence-electron chi connectivity index (χ3n) is 6.48. The van der Waals surface area contributed by atoms with Gasteiger partial charge in [0.05, 0.1) is 27.7 Å². The maximum absolute atomic E-state index is 14.5. The van der Waals surface area contributed by atoms with Crippen LogP contribution in [0, 0.1) is 5.82 Å². The van der Waals surface area contributed by atoms with Crippen molar-refractivity contribution < 1.29 is 30.7 Å². The Hall–Kier alpha value is -3.97. The van der Waals surface area contributed by atoms with Gasteiger partial charge in [-0.1, -0.05) is 41.1 Å². The number of hydrogen-bond donors (Lipinski definition) is 1. The predicted molar refractivity (Wildman–Crippen MR) is 144 cm³/mol. The predicted octanol–water partition coefficient (Wildman–Crippen LogP) is 6.16. The van der Waals surface area contributed by atoms with Gasteiger partial charge < -0.3 is 4.74 Å². The number of tetrazole rings is 1. The lowest BCUT2D eigenvalue weighted by Crippen LogP contribution is -2.43. The van der Waals surface area contributed by atoms with Gasteiger partial charge in [-0.25, -0.2) is 12.8 Å². The number of fused-ring (bicyclic) bond motifs is 1. The Kier molecular flexibility index (Phi) is 7.75. The third-order valence-corrected chi connectivity index (χ3v) is 8.57. The van der Waals surface area contributed by atoms with E-state index in [-0.39, 0.29) is 28.6 Å². The Morgan fingerprint density at radius 1 is 1.17 bits per heavy atom. The van der Waals surface area contributed by atoms with Gasteiger partial charge in [0.2, 0.25) is 0 Å². The molecule has 41 heavy (non-hydrogen) atoms. The van der Waals surface area contributed by atoms with E-state index in [0.29, 0.717) is 35.9 Å². The normalized spacial score (nSPS) is 15.9.